The van der Waals surface area contributed by atoms with Crippen LogP contribution in [-0.2, 0) is 16.0 Å². The Bertz CT molecular complexity index is 581. The summed E-state index contributed by atoms with van der Waals surface area (Å²) in [5.41, 5.74) is 0. The minimum Gasteiger partial charge on any atom is -0.384 e. The first-order chi connectivity index (χ1) is 12.6. The maximum atomic E-state index is 13.0. The predicted molar refractivity (Wildman–Crippen MR) is 97.9 cm³/mol. The largest absolute Gasteiger partial charge is 0.384 e. The maximum absolute atomic E-state index is 13.0. The fourth-order valence-electron chi connectivity index (χ4n) is 4.03. The van der Waals surface area contributed by atoms with Crippen LogP contribution in [0.5, 0.6) is 0 Å². The number of methoxy groups -OCH3 is 1. The van der Waals surface area contributed by atoms with Gasteiger partial charge in [0.25, 0.3) is 0 Å². The molecule has 2 fully saturated rings. The number of likely N-dealkylation sites (tertiary alicyclic amines) is 2. The number of ether oxygens (including phenoxy) is 1. The number of hydrogen-bond acceptors (Lipinski definition) is 6. The predicted octanol–water partition coefficient (Wildman–Crippen LogP) is 2.08. The van der Waals surface area contributed by atoms with Gasteiger partial charge in [-0.1, -0.05) is 5.16 Å². The molecule has 0 saturated carbocycles. The molecule has 1 unspecified atom stereocenters. The molecule has 1 aromatic heterocycles. The Kier molecular flexibility index (Phi) is 6.64. The van der Waals surface area contributed by atoms with Gasteiger partial charge >= 0.3 is 0 Å². The molecular formula is C19H32N4O3. The van der Waals surface area contributed by atoms with Crippen LogP contribution in [0.15, 0.2) is 4.52 Å². The second-order valence-electron chi connectivity index (χ2n) is 7.82. The molecule has 7 heteroatoms. The van der Waals surface area contributed by atoms with Gasteiger partial charge in [-0.15, -0.1) is 0 Å². The van der Waals surface area contributed by atoms with Gasteiger partial charge in [-0.25, -0.2) is 0 Å². The second-order valence-corrected chi connectivity index (χ2v) is 7.82. The first-order valence-electron chi connectivity index (χ1n) is 9.92. The minimum atomic E-state index is 0.159. The Morgan fingerprint density at radius 1 is 1.27 bits per heavy atom. The molecule has 0 N–H and O–H groups in total. The normalized spacial score (nSPS) is 22.9. The van der Waals surface area contributed by atoms with Crippen LogP contribution in [0.3, 0.4) is 0 Å². The summed E-state index contributed by atoms with van der Waals surface area (Å²) in [7, 11) is 1.66. The summed E-state index contributed by atoms with van der Waals surface area (Å²) in [5, 5.41) is 4.04. The van der Waals surface area contributed by atoms with Gasteiger partial charge in [0, 0.05) is 38.6 Å². The molecule has 1 aromatic rings. The lowest BCUT2D eigenvalue weighted by Crippen LogP contribution is -2.47. The summed E-state index contributed by atoms with van der Waals surface area (Å²) in [6.45, 7) is 8.64. The molecule has 3 rings (SSSR count). The quantitative estimate of drug-likeness (QED) is 0.770. The lowest BCUT2D eigenvalue weighted by Gasteiger charge is -2.38. The molecule has 26 heavy (non-hydrogen) atoms. The van der Waals surface area contributed by atoms with Gasteiger partial charge in [0.05, 0.1) is 12.5 Å². The van der Waals surface area contributed by atoms with Crippen molar-refractivity contribution in [2.75, 3.05) is 39.9 Å². The zero-order chi connectivity index (χ0) is 18.5. The van der Waals surface area contributed by atoms with Crippen molar-refractivity contribution in [3.05, 3.63) is 11.7 Å². The lowest BCUT2D eigenvalue weighted by molar-refractivity contribution is -0.138. The summed E-state index contributed by atoms with van der Waals surface area (Å²) in [6, 6.07) is 0.565. The average Bonchev–Trinajstić information content (AvgIpc) is 3.15. The van der Waals surface area contributed by atoms with Gasteiger partial charge in [-0.05, 0) is 52.6 Å². The van der Waals surface area contributed by atoms with Gasteiger partial charge in [-0.2, -0.15) is 4.98 Å². The van der Waals surface area contributed by atoms with Gasteiger partial charge in [0.15, 0.2) is 5.82 Å². The molecule has 0 radical (unpaired) electrons. The van der Waals surface area contributed by atoms with E-state index >= 15 is 0 Å². The molecule has 0 spiro atoms. The van der Waals surface area contributed by atoms with E-state index in [1.807, 2.05) is 4.90 Å². The molecule has 0 aliphatic carbocycles. The monoisotopic (exact) mass is 364 g/mol. The van der Waals surface area contributed by atoms with Crippen molar-refractivity contribution in [2.45, 2.75) is 57.9 Å². The minimum absolute atomic E-state index is 0.159. The third-order valence-corrected chi connectivity index (χ3v) is 5.70. The van der Waals surface area contributed by atoms with Crippen molar-refractivity contribution in [3.8, 4) is 0 Å². The van der Waals surface area contributed by atoms with Crippen molar-refractivity contribution in [1.29, 1.82) is 0 Å². The smallest absolute Gasteiger partial charge is 0.231 e. The van der Waals surface area contributed by atoms with E-state index in [2.05, 4.69) is 28.9 Å². The van der Waals surface area contributed by atoms with E-state index < -0.39 is 0 Å². The Morgan fingerprint density at radius 2 is 2.04 bits per heavy atom. The summed E-state index contributed by atoms with van der Waals surface area (Å²) >= 11 is 0. The number of rotatable bonds is 6. The van der Waals surface area contributed by atoms with Crippen molar-refractivity contribution in [1.82, 2.24) is 19.9 Å². The van der Waals surface area contributed by atoms with E-state index in [0.717, 1.165) is 45.3 Å². The maximum Gasteiger partial charge on any atom is 0.231 e. The Labute approximate surface area is 156 Å². The van der Waals surface area contributed by atoms with Crippen molar-refractivity contribution < 1.29 is 14.1 Å². The van der Waals surface area contributed by atoms with Crippen LogP contribution in [0.4, 0.5) is 0 Å². The Hall–Kier alpha value is -1.47. The number of carbonyl (C=O) groups is 1. The molecule has 2 saturated heterocycles. The standard InChI is InChI=1S/C19H32N4O3/c1-14(2)22-10-6-15(7-11-22)19(24)23-9-4-5-16(13-23)18-20-17(21-26-18)8-12-25-3/h14-16H,4-13H2,1-3H3. The summed E-state index contributed by atoms with van der Waals surface area (Å²) in [4.78, 5) is 22.0. The third kappa shape index (κ3) is 4.62. The summed E-state index contributed by atoms with van der Waals surface area (Å²) in [6.07, 6.45) is 4.60. The SMILES string of the molecule is COCCc1noc(C2CCCN(C(=O)C3CCN(C(C)C)CC3)C2)n1. The molecule has 2 aliphatic rings. The van der Waals surface area contributed by atoms with E-state index in [1.54, 1.807) is 7.11 Å². The van der Waals surface area contributed by atoms with Crippen LogP contribution in [0.2, 0.25) is 0 Å². The topological polar surface area (TPSA) is 71.7 Å². The number of nitrogens with zero attached hydrogens (tertiary/aromatic N) is 4. The van der Waals surface area contributed by atoms with Crippen LogP contribution >= 0.6 is 0 Å². The number of hydrogen-bond donors (Lipinski definition) is 0. The van der Waals surface area contributed by atoms with E-state index in [9.17, 15) is 4.79 Å². The third-order valence-electron chi connectivity index (χ3n) is 5.70. The molecule has 3 heterocycles. The van der Waals surface area contributed by atoms with Crippen LogP contribution < -0.4 is 0 Å². The van der Waals surface area contributed by atoms with Crippen molar-refractivity contribution in [2.24, 2.45) is 5.92 Å². The highest BCUT2D eigenvalue weighted by molar-refractivity contribution is 5.79. The first kappa shape index (κ1) is 19.3. The van der Waals surface area contributed by atoms with Crippen LogP contribution in [0, 0.1) is 5.92 Å². The van der Waals surface area contributed by atoms with E-state index in [0.29, 0.717) is 43.2 Å². The molecule has 146 valence electrons. The molecular weight excluding hydrogens is 332 g/mol. The summed E-state index contributed by atoms with van der Waals surface area (Å²) in [5.74, 6) is 2.00. The highest BCUT2D eigenvalue weighted by Crippen LogP contribution is 2.29. The number of amides is 1. The number of aromatic nitrogens is 2. The van der Waals surface area contributed by atoms with Gasteiger partial charge in [0.2, 0.25) is 11.8 Å². The van der Waals surface area contributed by atoms with E-state index in [-0.39, 0.29) is 11.8 Å². The highest BCUT2D eigenvalue weighted by atomic mass is 16.5. The van der Waals surface area contributed by atoms with E-state index in [4.69, 9.17) is 9.26 Å². The molecule has 0 bridgehead atoms. The zero-order valence-corrected chi connectivity index (χ0v) is 16.3. The van der Waals surface area contributed by atoms with Crippen LogP contribution in [-0.4, -0.2) is 71.8 Å². The van der Waals surface area contributed by atoms with Gasteiger partial charge < -0.3 is 19.1 Å². The number of carbonyl (C=O) groups excluding carboxylic acids is 1. The lowest BCUT2D eigenvalue weighted by atomic mass is 9.91. The number of piperidine rings is 2. The Balaban J connectivity index is 1.54. The van der Waals surface area contributed by atoms with Crippen LogP contribution in [0.1, 0.15) is 57.2 Å². The van der Waals surface area contributed by atoms with Crippen molar-refractivity contribution in [3.63, 3.8) is 0 Å². The molecule has 0 aromatic carbocycles. The average molecular weight is 364 g/mol. The molecule has 1 atom stereocenters. The molecule has 2 aliphatic heterocycles. The summed E-state index contributed by atoms with van der Waals surface area (Å²) < 4.78 is 10.5. The zero-order valence-electron chi connectivity index (χ0n) is 16.3. The first-order valence-corrected chi connectivity index (χ1v) is 9.92. The molecule has 1 amide bonds. The Morgan fingerprint density at radius 3 is 2.73 bits per heavy atom. The second kappa shape index (κ2) is 8.95. The highest BCUT2D eigenvalue weighted by Gasteiger charge is 2.33. The van der Waals surface area contributed by atoms with Gasteiger partial charge in [-0.3, -0.25) is 4.79 Å². The van der Waals surface area contributed by atoms with Crippen molar-refractivity contribution >= 4 is 5.91 Å². The van der Waals surface area contributed by atoms with Gasteiger partial charge in [0.1, 0.15) is 0 Å². The fourth-order valence-corrected chi connectivity index (χ4v) is 4.03. The van der Waals surface area contributed by atoms with E-state index in [1.165, 1.54) is 0 Å². The van der Waals surface area contributed by atoms with Crippen LogP contribution in [0.25, 0.3) is 0 Å². The fraction of sp³-hybridized carbons (Fsp3) is 0.842. The molecule has 7 nitrogen and oxygen atoms in total.